The van der Waals surface area contributed by atoms with Gasteiger partial charge in [0.1, 0.15) is 11.6 Å². The molecule has 0 unspecified atom stereocenters. The number of aryl methyl sites for hydroxylation is 1. The maximum Gasteiger partial charge on any atom is 0.118 e. The van der Waals surface area contributed by atoms with Crippen molar-refractivity contribution in [1.29, 1.82) is 0 Å². The van der Waals surface area contributed by atoms with E-state index in [9.17, 15) is 0 Å². The van der Waals surface area contributed by atoms with Gasteiger partial charge in [-0.3, -0.25) is 0 Å². The number of nitrogens with zero attached hydrogens (tertiary/aromatic N) is 1. The Morgan fingerprint density at radius 1 is 1.11 bits per heavy atom. The van der Waals surface area contributed by atoms with Crippen LogP contribution >= 0.6 is 0 Å². The standard InChI is InChI=1S/C16H16N2O/c1-11-4-3-5-14-16(11)18-15(17-14)10-12-6-8-13(19-2)9-7-12/h3-9H,10H2,1-2H3,(H,17,18). The van der Waals surface area contributed by atoms with Crippen LogP contribution in [0, 0.1) is 6.92 Å². The largest absolute Gasteiger partial charge is 0.497 e. The summed E-state index contributed by atoms with van der Waals surface area (Å²) >= 11 is 0. The van der Waals surface area contributed by atoms with Crippen LogP contribution in [0.15, 0.2) is 42.5 Å². The Labute approximate surface area is 112 Å². The molecule has 19 heavy (non-hydrogen) atoms. The van der Waals surface area contributed by atoms with Crippen LogP contribution < -0.4 is 4.74 Å². The number of methoxy groups -OCH3 is 1. The molecular weight excluding hydrogens is 236 g/mol. The van der Waals surface area contributed by atoms with Gasteiger partial charge in [-0.1, -0.05) is 24.3 Å². The average Bonchev–Trinajstić information content (AvgIpc) is 2.84. The van der Waals surface area contributed by atoms with Crippen molar-refractivity contribution < 1.29 is 4.74 Å². The van der Waals surface area contributed by atoms with Crippen LogP contribution in [-0.4, -0.2) is 17.1 Å². The molecule has 0 radical (unpaired) electrons. The zero-order valence-corrected chi connectivity index (χ0v) is 11.1. The number of fused-ring (bicyclic) bond motifs is 1. The van der Waals surface area contributed by atoms with E-state index in [1.807, 2.05) is 18.2 Å². The summed E-state index contributed by atoms with van der Waals surface area (Å²) in [4.78, 5) is 8.03. The Morgan fingerprint density at radius 3 is 2.58 bits per heavy atom. The number of nitrogens with one attached hydrogen (secondary N) is 1. The summed E-state index contributed by atoms with van der Waals surface area (Å²) in [6.07, 6.45) is 0.804. The van der Waals surface area contributed by atoms with Crippen LogP contribution in [0.3, 0.4) is 0 Å². The summed E-state index contributed by atoms with van der Waals surface area (Å²) in [5, 5.41) is 0. The van der Waals surface area contributed by atoms with Crippen LogP contribution in [0.4, 0.5) is 0 Å². The Morgan fingerprint density at radius 2 is 1.89 bits per heavy atom. The molecule has 0 amide bonds. The number of rotatable bonds is 3. The van der Waals surface area contributed by atoms with Gasteiger partial charge in [0.2, 0.25) is 0 Å². The fourth-order valence-corrected chi connectivity index (χ4v) is 2.25. The molecule has 3 aromatic rings. The first-order valence-electron chi connectivity index (χ1n) is 6.33. The van der Waals surface area contributed by atoms with Crippen LogP contribution in [0.5, 0.6) is 5.75 Å². The molecule has 0 saturated carbocycles. The third-order valence-corrected chi connectivity index (χ3v) is 3.29. The number of aromatic amines is 1. The summed E-state index contributed by atoms with van der Waals surface area (Å²) in [6.45, 7) is 2.08. The van der Waals surface area contributed by atoms with E-state index in [1.54, 1.807) is 7.11 Å². The van der Waals surface area contributed by atoms with Crippen molar-refractivity contribution in [2.24, 2.45) is 0 Å². The average molecular weight is 252 g/mol. The Hall–Kier alpha value is -2.29. The van der Waals surface area contributed by atoms with Crippen LogP contribution in [-0.2, 0) is 6.42 Å². The molecule has 0 aliphatic rings. The zero-order valence-electron chi connectivity index (χ0n) is 11.1. The smallest absolute Gasteiger partial charge is 0.118 e. The van der Waals surface area contributed by atoms with Crippen LogP contribution in [0.2, 0.25) is 0 Å². The molecule has 1 aromatic heterocycles. The molecule has 1 N–H and O–H groups in total. The number of hydrogen-bond donors (Lipinski definition) is 1. The lowest BCUT2D eigenvalue weighted by molar-refractivity contribution is 0.414. The quantitative estimate of drug-likeness (QED) is 0.775. The molecule has 0 saturated heterocycles. The van der Waals surface area contributed by atoms with Gasteiger partial charge in [-0.25, -0.2) is 4.98 Å². The number of ether oxygens (including phenoxy) is 1. The fourth-order valence-electron chi connectivity index (χ4n) is 2.25. The minimum atomic E-state index is 0.804. The highest BCUT2D eigenvalue weighted by atomic mass is 16.5. The van der Waals surface area contributed by atoms with E-state index in [4.69, 9.17) is 4.74 Å². The monoisotopic (exact) mass is 252 g/mol. The summed E-state index contributed by atoms with van der Waals surface area (Å²) < 4.78 is 5.16. The second-order valence-corrected chi connectivity index (χ2v) is 4.68. The van der Waals surface area contributed by atoms with E-state index in [2.05, 4.69) is 41.2 Å². The molecule has 0 aliphatic heterocycles. The van der Waals surface area contributed by atoms with Gasteiger partial charge >= 0.3 is 0 Å². The van der Waals surface area contributed by atoms with Gasteiger partial charge in [-0.2, -0.15) is 0 Å². The van der Waals surface area contributed by atoms with E-state index in [1.165, 1.54) is 11.1 Å². The molecule has 0 aliphatic carbocycles. The first kappa shape index (κ1) is 11.8. The van der Waals surface area contributed by atoms with Crippen LogP contribution in [0.25, 0.3) is 11.0 Å². The molecule has 3 heteroatoms. The molecule has 0 atom stereocenters. The van der Waals surface area contributed by atoms with Crippen molar-refractivity contribution in [1.82, 2.24) is 9.97 Å². The normalized spacial score (nSPS) is 10.8. The van der Waals surface area contributed by atoms with Crippen molar-refractivity contribution in [3.05, 3.63) is 59.4 Å². The topological polar surface area (TPSA) is 37.9 Å². The summed E-state index contributed by atoms with van der Waals surface area (Å²) in [5.74, 6) is 1.87. The molecule has 3 rings (SSSR count). The van der Waals surface area contributed by atoms with Crippen molar-refractivity contribution in [3.8, 4) is 5.75 Å². The lowest BCUT2D eigenvalue weighted by atomic mass is 10.1. The molecule has 0 fully saturated rings. The van der Waals surface area contributed by atoms with Gasteiger partial charge in [0.05, 0.1) is 18.1 Å². The number of aromatic nitrogens is 2. The number of benzene rings is 2. The molecule has 0 bridgehead atoms. The predicted octanol–water partition coefficient (Wildman–Crippen LogP) is 3.47. The second kappa shape index (κ2) is 4.76. The fraction of sp³-hybridized carbons (Fsp3) is 0.188. The summed E-state index contributed by atoms with van der Waals surface area (Å²) in [7, 11) is 1.68. The third kappa shape index (κ3) is 2.32. The van der Waals surface area contributed by atoms with E-state index in [0.717, 1.165) is 29.0 Å². The number of para-hydroxylation sites is 1. The molecule has 2 aromatic carbocycles. The Balaban J connectivity index is 1.90. The highest BCUT2D eigenvalue weighted by Crippen LogP contribution is 2.18. The van der Waals surface area contributed by atoms with Crippen molar-refractivity contribution in [3.63, 3.8) is 0 Å². The van der Waals surface area contributed by atoms with Crippen molar-refractivity contribution >= 4 is 11.0 Å². The minimum Gasteiger partial charge on any atom is -0.497 e. The SMILES string of the molecule is COc1ccc(Cc2nc3c(C)cccc3[nH]2)cc1. The van der Waals surface area contributed by atoms with E-state index in [0.29, 0.717) is 0 Å². The summed E-state index contributed by atoms with van der Waals surface area (Å²) in [6, 6.07) is 14.3. The lowest BCUT2D eigenvalue weighted by Crippen LogP contribution is -1.91. The summed E-state index contributed by atoms with van der Waals surface area (Å²) in [5.41, 5.74) is 4.58. The molecular formula is C16H16N2O. The molecule has 96 valence electrons. The van der Waals surface area contributed by atoms with E-state index < -0.39 is 0 Å². The van der Waals surface area contributed by atoms with Gasteiger partial charge in [0.15, 0.2) is 0 Å². The number of imidazole rings is 1. The molecule has 0 spiro atoms. The third-order valence-electron chi connectivity index (χ3n) is 3.29. The van der Waals surface area contributed by atoms with Crippen molar-refractivity contribution in [2.75, 3.05) is 7.11 Å². The highest BCUT2D eigenvalue weighted by molar-refractivity contribution is 5.78. The first-order chi connectivity index (χ1) is 9.26. The second-order valence-electron chi connectivity index (χ2n) is 4.68. The van der Waals surface area contributed by atoms with Gasteiger partial charge in [-0.15, -0.1) is 0 Å². The number of hydrogen-bond acceptors (Lipinski definition) is 2. The van der Waals surface area contributed by atoms with Gasteiger partial charge < -0.3 is 9.72 Å². The Bertz CT molecular complexity index is 698. The highest BCUT2D eigenvalue weighted by Gasteiger charge is 2.05. The van der Waals surface area contributed by atoms with Gasteiger partial charge in [0.25, 0.3) is 0 Å². The van der Waals surface area contributed by atoms with Crippen molar-refractivity contribution in [2.45, 2.75) is 13.3 Å². The molecule has 3 nitrogen and oxygen atoms in total. The zero-order chi connectivity index (χ0) is 13.2. The van der Waals surface area contributed by atoms with E-state index in [-0.39, 0.29) is 0 Å². The van der Waals surface area contributed by atoms with Gasteiger partial charge in [-0.05, 0) is 36.2 Å². The molecule has 1 heterocycles. The maximum absolute atomic E-state index is 5.16. The maximum atomic E-state index is 5.16. The minimum absolute atomic E-state index is 0.804. The first-order valence-corrected chi connectivity index (χ1v) is 6.33. The number of H-pyrrole nitrogens is 1. The lowest BCUT2D eigenvalue weighted by Gasteiger charge is -2.01. The Kier molecular flexibility index (Phi) is 2.95. The van der Waals surface area contributed by atoms with Crippen LogP contribution in [0.1, 0.15) is 17.0 Å². The predicted molar refractivity (Wildman–Crippen MR) is 76.6 cm³/mol. The van der Waals surface area contributed by atoms with Gasteiger partial charge in [0, 0.05) is 6.42 Å². The van der Waals surface area contributed by atoms with E-state index >= 15 is 0 Å².